The van der Waals surface area contributed by atoms with Crippen LogP contribution in [0.4, 0.5) is 0 Å². The van der Waals surface area contributed by atoms with Crippen LogP contribution in [0.15, 0.2) is 66.7 Å². The number of carboxylic acids is 1. The van der Waals surface area contributed by atoms with Crippen molar-refractivity contribution in [3.05, 3.63) is 100 Å². The molecule has 33 heavy (non-hydrogen) atoms. The molecule has 0 amide bonds. The Morgan fingerprint density at radius 3 is 2.45 bits per heavy atom. The minimum absolute atomic E-state index is 0.351. The third-order valence-corrected chi connectivity index (χ3v) is 6.18. The molecular weight excluding hydrogens is 412 g/mol. The van der Waals surface area contributed by atoms with Crippen LogP contribution in [-0.2, 0) is 19.5 Å². The molecule has 0 atom stereocenters. The van der Waals surface area contributed by atoms with Crippen molar-refractivity contribution >= 4 is 16.9 Å². The van der Waals surface area contributed by atoms with E-state index >= 15 is 0 Å². The van der Waals surface area contributed by atoms with Crippen molar-refractivity contribution in [1.82, 2.24) is 9.88 Å². The molecule has 1 aromatic heterocycles. The molecule has 2 N–H and O–H groups in total. The lowest BCUT2D eigenvalue weighted by Gasteiger charge is -2.12. The average Bonchev–Trinajstić information content (AvgIpc) is 3.11. The highest BCUT2D eigenvalue weighted by Crippen LogP contribution is 2.29. The Balaban J connectivity index is 1.65. The van der Waals surface area contributed by atoms with Crippen LogP contribution in [0.1, 0.15) is 38.3 Å². The number of aromatic nitrogens is 1. The summed E-state index contributed by atoms with van der Waals surface area (Å²) in [6.07, 6.45) is 0.799. The Morgan fingerprint density at radius 1 is 1.00 bits per heavy atom. The van der Waals surface area contributed by atoms with E-state index in [4.69, 9.17) is 4.74 Å². The van der Waals surface area contributed by atoms with E-state index in [1.807, 2.05) is 54.0 Å². The number of aromatic carboxylic acids is 1. The Kier molecular flexibility index (Phi) is 6.80. The Morgan fingerprint density at radius 2 is 1.73 bits per heavy atom. The van der Waals surface area contributed by atoms with Gasteiger partial charge >= 0.3 is 5.97 Å². The minimum atomic E-state index is -0.904. The molecule has 0 radical (unpaired) electrons. The number of aryl methyl sites for hydroxylation is 2. The number of carboxylic acid groups (broad SMARTS) is 1. The summed E-state index contributed by atoms with van der Waals surface area (Å²) < 4.78 is 7.39. The van der Waals surface area contributed by atoms with Crippen molar-refractivity contribution in [2.24, 2.45) is 0 Å². The van der Waals surface area contributed by atoms with Gasteiger partial charge in [0.05, 0.1) is 7.11 Å². The number of methoxy groups -OCH3 is 1. The van der Waals surface area contributed by atoms with E-state index in [1.165, 1.54) is 0 Å². The highest BCUT2D eigenvalue weighted by molar-refractivity contribution is 5.98. The van der Waals surface area contributed by atoms with E-state index in [2.05, 4.69) is 36.5 Å². The molecule has 170 valence electrons. The van der Waals surface area contributed by atoms with Gasteiger partial charge in [0, 0.05) is 29.6 Å². The predicted octanol–water partition coefficient (Wildman–Crippen LogP) is 5.35. The topological polar surface area (TPSA) is 63.5 Å². The van der Waals surface area contributed by atoms with Crippen LogP contribution in [0.25, 0.3) is 10.9 Å². The smallest absolute Gasteiger partial charge is 0.352 e. The van der Waals surface area contributed by atoms with E-state index in [9.17, 15) is 9.90 Å². The second kappa shape index (κ2) is 9.92. The molecule has 0 spiro atoms. The molecule has 0 saturated heterocycles. The summed E-state index contributed by atoms with van der Waals surface area (Å²) in [6, 6.07) is 22.3. The van der Waals surface area contributed by atoms with Gasteiger partial charge in [-0.25, -0.2) is 4.79 Å². The molecule has 4 rings (SSSR count). The maximum Gasteiger partial charge on any atom is 0.352 e. The fourth-order valence-electron chi connectivity index (χ4n) is 4.42. The van der Waals surface area contributed by atoms with Crippen molar-refractivity contribution in [3.63, 3.8) is 0 Å². The SMILES string of the molecule is COc1ccccc1CCNCc1c(C(=O)O)n(Cc2ccccc2C)c2cc(C)ccc12. The first-order chi connectivity index (χ1) is 16.0. The van der Waals surface area contributed by atoms with Gasteiger partial charge in [-0.15, -0.1) is 0 Å². The van der Waals surface area contributed by atoms with Gasteiger partial charge in [-0.3, -0.25) is 0 Å². The number of rotatable bonds is 9. The third-order valence-electron chi connectivity index (χ3n) is 6.18. The molecule has 4 aromatic rings. The summed E-state index contributed by atoms with van der Waals surface area (Å²) >= 11 is 0. The molecule has 0 unspecified atom stereocenters. The third kappa shape index (κ3) is 4.78. The van der Waals surface area contributed by atoms with Crippen LogP contribution in [-0.4, -0.2) is 29.3 Å². The van der Waals surface area contributed by atoms with E-state index in [-0.39, 0.29) is 0 Å². The van der Waals surface area contributed by atoms with Crippen molar-refractivity contribution in [2.45, 2.75) is 33.4 Å². The minimum Gasteiger partial charge on any atom is -0.496 e. The van der Waals surface area contributed by atoms with Crippen molar-refractivity contribution in [2.75, 3.05) is 13.7 Å². The summed E-state index contributed by atoms with van der Waals surface area (Å²) in [4.78, 5) is 12.4. The fraction of sp³-hybridized carbons (Fsp3) is 0.250. The van der Waals surface area contributed by atoms with Gasteiger partial charge in [-0.05, 0) is 61.2 Å². The number of ether oxygens (including phenoxy) is 1. The van der Waals surface area contributed by atoms with E-state index in [1.54, 1.807) is 7.11 Å². The van der Waals surface area contributed by atoms with Crippen LogP contribution in [0, 0.1) is 13.8 Å². The largest absolute Gasteiger partial charge is 0.496 e. The zero-order chi connectivity index (χ0) is 23.4. The first-order valence-electron chi connectivity index (χ1n) is 11.2. The van der Waals surface area contributed by atoms with Crippen molar-refractivity contribution in [1.29, 1.82) is 0 Å². The zero-order valence-electron chi connectivity index (χ0n) is 19.4. The second-order valence-corrected chi connectivity index (χ2v) is 8.40. The lowest BCUT2D eigenvalue weighted by Crippen LogP contribution is -2.20. The highest BCUT2D eigenvalue weighted by Gasteiger charge is 2.22. The molecule has 5 heteroatoms. The summed E-state index contributed by atoms with van der Waals surface area (Å²) in [5.41, 5.74) is 6.64. The van der Waals surface area contributed by atoms with Gasteiger partial charge in [0.25, 0.3) is 0 Å². The summed E-state index contributed by atoms with van der Waals surface area (Å²) in [5.74, 6) is -0.0326. The number of hydrogen-bond acceptors (Lipinski definition) is 3. The number of fused-ring (bicyclic) bond motifs is 1. The molecule has 0 aliphatic heterocycles. The van der Waals surface area contributed by atoms with Crippen molar-refractivity contribution < 1.29 is 14.6 Å². The molecule has 5 nitrogen and oxygen atoms in total. The highest BCUT2D eigenvalue weighted by atomic mass is 16.5. The zero-order valence-corrected chi connectivity index (χ0v) is 19.4. The molecule has 3 aromatic carbocycles. The molecule has 0 aliphatic carbocycles. The Hall–Kier alpha value is -3.57. The van der Waals surface area contributed by atoms with Crippen LogP contribution < -0.4 is 10.1 Å². The van der Waals surface area contributed by atoms with Gasteiger partial charge in [-0.2, -0.15) is 0 Å². The molecule has 0 saturated carbocycles. The van der Waals surface area contributed by atoms with E-state index < -0.39 is 5.97 Å². The Labute approximate surface area is 194 Å². The maximum absolute atomic E-state index is 12.4. The van der Waals surface area contributed by atoms with Gasteiger partial charge in [-0.1, -0.05) is 54.6 Å². The number of para-hydroxylation sites is 1. The standard InChI is InChI=1S/C28H30N2O3/c1-19-12-13-23-24(17-29-15-14-21-9-6-7-11-26(21)33-3)27(28(31)32)30(25(23)16-19)18-22-10-5-4-8-20(22)2/h4-13,16,29H,14-15,17-18H2,1-3H3,(H,31,32). The lowest BCUT2D eigenvalue weighted by atomic mass is 10.1. The molecule has 0 aliphatic rings. The summed E-state index contributed by atoms with van der Waals surface area (Å²) in [6.45, 7) is 5.82. The van der Waals surface area contributed by atoms with E-state index in [0.717, 1.165) is 57.4 Å². The van der Waals surface area contributed by atoms with Crippen LogP contribution >= 0.6 is 0 Å². The summed E-state index contributed by atoms with van der Waals surface area (Å²) in [7, 11) is 1.68. The monoisotopic (exact) mass is 442 g/mol. The normalized spacial score (nSPS) is 11.1. The number of carbonyl (C=O) groups is 1. The number of nitrogens with zero attached hydrogens (tertiary/aromatic N) is 1. The first kappa shape index (κ1) is 22.6. The van der Waals surface area contributed by atoms with Crippen molar-refractivity contribution in [3.8, 4) is 5.75 Å². The van der Waals surface area contributed by atoms with Gasteiger partial charge in [0.1, 0.15) is 11.4 Å². The average molecular weight is 443 g/mol. The van der Waals surface area contributed by atoms with Crippen LogP contribution in [0.2, 0.25) is 0 Å². The van der Waals surface area contributed by atoms with Crippen LogP contribution in [0.5, 0.6) is 5.75 Å². The van der Waals surface area contributed by atoms with Gasteiger partial charge in [0.2, 0.25) is 0 Å². The predicted molar refractivity (Wildman–Crippen MR) is 132 cm³/mol. The first-order valence-corrected chi connectivity index (χ1v) is 11.2. The van der Waals surface area contributed by atoms with Crippen LogP contribution in [0.3, 0.4) is 0 Å². The Bertz CT molecular complexity index is 1290. The molecule has 1 heterocycles. The second-order valence-electron chi connectivity index (χ2n) is 8.40. The summed E-state index contributed by atoms with van der Waals surface area (Å²) in [5, 5.41) is 14.6. The molecule has 0 bridgehead atoms. The van der Waals surface area contributed by atoms with E-state index in [0.29, 0.717) is 18.8 Å². The lowest BCUT2D eigenvalue weighted by molar-refractivity contribution is 0.0684. The number of hydrogen-bond donors (Lipinski definition) is 2. The molecular formula is C28H30N2O3. The molecule has 0 fully saturated rings. The fourth-order valence-corrected chi connectivity index (χ4v) is 4.42. The number of nitrogens with one attached hydrogen (secondary N) is 1. The quantitative estimate of drug-likeness (QED) is 0.343. The number of benzene rings is 3. The van der Waals surface area contributed by atoms with Gasteiger partial charge < -0.3 is 19.7 Å². The maximum atomic E-state index is 12.4. The van der Waals surface area contributed by atoms with Gasteiger partial charge in [0.15, 0.2) is 0 Å².